The molecule has 1 aliphatic heterocycles. The summed E-state index contributed by atoms with van der Waals surface area (Å²) in [5.74, 6) is 1.10. The van der Waals surface area contributed by atoms with Crippen molar-refractivity contribution in [3.8, 4) is 0 Å². The first-order chi connectivity index (χ1) is 7.63. The zero-order chi connectivity index (χ0) is 11.7. The summed E-state index contributed by atoms with van der Waals surface area (Å²) in [7, 11) is 0. The molecular weight excluding hydrogens is 200 g/mol. The maximum Gasteiger partial charge on any atom is 0.206 e. The van der Waals surface area contributed by atoms with Crippen LogP contribution < -0.4 is 10.6 Å². The number of aryl methyl sites for hydroxylation is 1. The Morgan fingerprint density at radius 3 is 2.94 bits per heavy atom. The number of nitrogens with two attached hydrogens (primary N) is 1. The Balaban J connectivity index is 2.31. The Kier molecular flexibility index (Phi) is 3.19. The Labute approximate surface area is 97.4 Å². The van der Waals surface area contributed by atoms with Crippen molar-refractivity contribution in [2.45, 2.75) is 45.7 Å². The lowest BCUT2D eigenvalue weighted by Gasteiger charge is -2.26. The number of nitrogens with zero attached hydrogens (tertiary/aromatic N) is 3. The molecule has 1 fully saturated rings. The van der Waals surface area contributed by atoms with Gasteiger partial charge in [-0.15, -0.1) is 0 Å². The average molecular weight is 222 g/mol. The number of aromatic nitrogens is 2. The second kappa shape index (κ2) is 4.45. The lowest BCUT2D eigenvalue weighted by molar-refractivity contribution is 0.573. The molecule has 0 saturated carbocycles. The van der Waals surface area contributed by atoms with E-state index in [-0.39, 0.29) is 0 Å². The molecule has 2 heterocycles. The van der Waals surface area contributed by atoms with Gasteiger partial charge in [-0.25, -0.2) is 4.98 Å². The highest BCUT2D eigenvalue weighted by molar-refractivity contribution is 5.37. The average Bonchev–Trinajstić information content (AvgIpc) is 2.82. The molecule has 16 heavy (non-hydrogen) atoms. The van der Waals surface area contributed by atoms with Crippen LogP contribution in [0.2, 0.25) is 0 Å². The Morgan fingerprint density at radius 2 is 2.31 bits per heavy atom. The van der Waals surface area contributed by atoms with Gasteiger partial charge in [0.25, 0.3) is 0 Å². The normalized spacial score (nSPS) is 21.1. The summed E-state index contributed by atoms with van der Waals surface area (Å²) in [5.41, 5.74) is 6.91. The molecule has 2 rings (SSSR count). The first-order valence-electron chi connectivity index (χ1n) is 6.15. The molecule has 1 aliphatic rings. The van der Waals surface area contributed by atoms with Crippen molar-refractivity contribution in [2.24, 2.45) is 5.73 Å². The van der Waals surface area contributed by atoms with Gasteiger partial charge in [-0.3, -0.25) is 0 Å². The number of hydrogen-bond donors (Lipinski definition) is 1. The van der Waals surface area contributed by atoms with Gasteiger partial charge in [0.05, 0.1) is 5.69 Å². The van der Waals surface area contributed by atoms with Crippen molar-refractivity contribution in [1.82, 2.24) is 9.55 Å². The molecule has 0 bridgehead atoms. The predicted octanol–water partition coefficient (Wildman–Crippen LogP) is 1.70. The molecule has 2 N–H and O–H groups in total. The highest BCUT2D eigenvalue weighted by atomic mass is 15.3. The van der Waals surface area contributed by atoms with E-state index in [0.717, 1.165) is 24.7 Å². The zero-order valence-corrected chi connectivity index (χ0v) is 10.5. The summed E-state index contributed by atoms with van der Waals surface area (Å²) in [5, 5.41) is 0. The topological polar surface area (TPSA) is 47.1 Å². The maximum atomic E-state index is 5.82. The Morgan fingerprint density at radius 1 is 1.56 bits per heavy atom. The Bertz CT molecular complexity index is 356. The molecule has 1 atom stereocenters. The standard InChI is InChI=1S/C12H22N4/c1-9(2)16-8-10(3)14-12(16)15-6-4-5-11(15)7-13/h8-9,11H,4-7,13H2,1-3H3. The molecule has 0 radical (unpaired) electrons. The number of rotatable bonds is 3. The quantitative estimate of drug-likeness (QED) is 0.846. The van der Waals surface area contributed by atoms with E-state index in [1.54, 1.807) is 0 Å². The number of anilines is 1. The smallest absolute Gasteiger partial charge is 0.206 e. The van der Waals surface area contributed by atoms with E-state index in [1.807, 2.05) is 0 Å². The van der Waals surface area contributed by atoms with Crippen molar-refractivity contribution >= 4 is 5.95 Å². The lowest BCUT2D eigenvalue weighted by Crippen LogP contribution is -2.37. The number of hydrogen-bond acceptors (Lipinski definition) is 3. The molecule has 90 valence electrons. The van der Waals surface area contributed by atoms with Crippen LogP contribution >= 0.6 is 0 Å². The van der Waals surface area contributed by atoms with E-state index < -0.39 is 0 Å². The van der Waals surface area contributed by atoms with Crippen LogP contribution in [0.1, 0.15) is 38.4 Å². The van der Waals surface area contributed by atoms with E-state index in [4.69, 9.17) is 5.73 Å². The van der Waals surface area contributed by atoms with E-state index >= 15 is 0 Å². The molecule has 0 aromatic carbocycles. The molecule has 0 aliphatic carbocycles. The summed E-state index contributed by atoms with van der Waals surface area (Å²) in [6, 6.07) is 0.925. The van der Waals surface area contributed by atoms with Gasteiger partial charge in [-0.2, -0.15) is 0 Å². The van der Waals surface area contributed by atoms with Crippen LogP contribution in [0.15, 0.2) is 6.20 Å². The van der Waals surface area contributed by atoms with Gasteiger partial charge >= 0.3 is 0 Å². The monoisotopic (exact) mass is 222 g/mol. The van der Waals surface area contributed by atoms with Gasteiger partial charge in [-0.05, 0) is 33.6 Å². The molecular formula is C12H22N4. The third-order valence-electron chi connectivity index (χ3n) is 3.30. The van der Waals surface area contributed by atoms with Crippen molar-refractivity contribution in [3.05, 3.63) is 11.9 Å². The van der Waals surface area contributed by atoms with Gasteiger partial charge in [0.2, 0.25) is 5.95 Å². The van der Waals surface area contributed by atoms with Gasteiger partial charge in [0.15, 0.2) is 0 Å². The summed E-state index contributed by atoms with van der Waals surface area (Å²) < 4.78 is 2.25. The van der Waals surface area contributed by atoms with Crippen LogP contribution in [-0.2, 0) is 0 Å². The van der Waals surface area contributed by atoms with E-state index in [9.17, 15) is 0 Å². The summed E-state index contributed by atoms with van der Waals surface area (Å²) >= 11 is 0. The highest BCUT2D eigenvalue weighted by Gasteiger charge is 2.27. The van der Waals surface area contributed by atoms with Crippen LogP contribution in [-0.4, -0.2) is 28.7 Å². The van der Waals surface area contributed by atoms with Gasteiger partial charge in [0, 0.05) is 31.4 Å². The summed E-state index contributed by atoms with van der Waals surface area (Å²) in [6.45, 7) is 8.25. The van der Waals surface area contributed by atoms with Crippen LogP contribution in [0, 0.1) is 6.92 Å². The SMILES string of the molecule is Cc1cn(C(C)C)c(N2CCCC2CN)n1. The third-order valence-corrected chi connectivity index (χ3v) is 3.30. The fraction of sp³-hybridized carbons (Fsp3) is 0.750. The molecule has 0 spiro atoms. The predicted molar refractivity (Wildman–Crippen MR) is 66.8 cm³/mol. The minimum absolute atomic E-state index is 0.454. The van der Waals surface area contributed by atoms with Crippen molar-refractivity contribution in [2.75, 3.05) is 18.0 Å². The first-order valence-corrected chi connectivity index (χ1v) is 6.15. The molecule has 1 saturated heterocycles. The third kappa shape index (κ3) is 1.94. The Hall–Kier alpha value is -1.03. The maximum absolute atomic E-state index is 5.82. The van der Waals surface area contributed by atoms with Crippen LogP contribution in [0.4, 0.5) is 5.95 Å². The fourth-order valence-electron chi connectivity index (χ4n) is 2.44. The number of imidazole rings is 1. The fourth-order valence-corrected chi connectivity index (χ4v) is 2.44. The molecule has 1 aromatic rings. The lowest BCUT2D eigenvalue weighted by atomic mass is 10.2. The molecule has 1 unspecified atom stereocenters. The molecule has 4 nitrogen and oxygen atoms in total. The van der Waals surface area contributed by atoms with Crippen molar-refractivity contribution in [3.63, 3.8) is 0 Å². The van der Waals surface area contributed by atoms with E-state index in [0.29, 0.717) is 12.1 Å². The largest absolute Gasteiger partial charge is 0.338 e. The molecule has 4 heteroatoms. The van der Waals surface area contributed by atoms with Crippen LogP contribution in [0.25, 0.3) is 0 Å². The minimum Gasteiger partial charge on any atom is -0.338 e. The zero-order valence-electron chi connectivity index (χ0n) is 10.5. The van der Waals surface area contributed by atoms with Crippen molar-refractivity contribution in [1.29, 1.82) is 0 Å². The van der Waals surface area contributed by atoms with Crippen LogP contribution in [0.3, 0.4) is 0 Å². The van der Waals surface area contributed by atoms with E-state index in [2.05, 4.69) is 41.4 Å². The second-order valence-electron chi connectivity index (χ2n) is 4.91. The van der Waals surface area contributed by atoms with Gasteiger partial charge in [0.1, 0.15) is 0 Å². The summed E-state index contributed by atoms with van der Waals surface area (Å²) in [6.07, 6.45) is 4.55. The van der Waals surface area contributed by atoms with Crippen molar-refractivity contribution < 1.29 is 0 Å². The van der Waals surface area contributed by atoms with Crippen LogP contribution in [0.5, 0.6) is 0 Å². The summed E-state index contributed by atoms with van der Waals surface area (Å²) in [4.78, 5) is 7.01. The van der Waals surface area contributed by atoms with Gasteiger partial charge < -0.3 is 15.2 Å². The molecule has 1 aromatic heterocycles. The second-order valence-corrected chi connectivity index (χ2v) is 4.91. The van der Waals surface area contributed by atoms with E-state index in [1.165, 1.54) is 12.8 Å². The highest BCUT2D eigenvalue weighted by Crippen LogP contribution is 2.26. The molecule has 0 amide bonds. The minimum atomic E-state index is 0.454. The van der Waals surface area contributed by atoms with Gasteiger partial charge in [-0.1, -0.05) is 0 Å². The first kappa shape index (κ1) is 11.5.